The molecule has 152 valence electrons. The standard InChI is InChI=1S/C22H19ClN4O3/c1-12-7-13(11-28)8-17-20(12)27-21(26-17)19-16(5-6-24-22(19)30)25-10-18(29)14-3-2-4-15(23)9-14/h2-9,11,18,29H,10H2,1H3,(H,26,27)(H2,24,25,30). The third-order valence-electron chi connectivity index (χ3n) is 4.85. The maximum atomic E-state index is 12.6. The van der Waals surface area contributed by atoms with Crippen LogP contribution in [0.1, 0.15) is 27.6 Å². The first-order valence-corrected chi connectivity index (χ1v) is 9.69. The molecule has 1 atom stereocenters. The molecule has 2 aromatic heterocycles. The monoisotopic (exact) mass is 422 g/mol. The van der Waals surface area contributed by atoms with Crippen LogP contribution in [0.2, 0.25) is 5.02 Å². The highest BCUT2D eigenvalue weighted by Crippen LogP contribution is 2.27. The topological polar surface area (TPSA) is 111 Å². The van der Waals surface area contributed by atoms with E-state index in [2.05, 4.69) is 20.3 Å². The van der Waals surface area contributed by atoms with E-state index in [-0.39, 0.29) is 12.1 Å². The number of halogens is 1. The fourth-order valence-electron chi connectivity index (χ4n) is 3.40. The molecule has 0 fully saturated rings. The van der Waals surface area contributed by atoms with E-state index >= 15 is 0 Å². The Morgan fingerprint density at radius 1 is 1.27 bits per heavy atom. The van der Waals surface area contributed by atoms with Crippen molar-refractivity contribution in [1.29, 1.82) is 0 Å². The van der Waals surface area contributed by atoms with Crippen LogP contribution < -0.4 is 10.9 Å². The number of hydrogen-bond donors (Lipinski definition) is 4. The van der Waals surface area contributed by atoms with Gasteiger partial charge in [0.05, 0.1) is 22.8 Å². The lowest BCUT2D eigenvalue weighted by molar-refractivity contribution is 0.112. The molecule has 2 aromatic carbocycles. The molecule has 2 heterocycles. The van der Waals surface area contributed by atoms with E-state index in [4.69, 9.17) is 11.6 Å². The first kappa shape index (κ1) is 19.9. The van der Waals surface area contributed by atoms with E-state index in [0.717, 1.165) is 11.8 Å². The molecule has 0 radical (unpaired) electrons. The van der Waals surface area contributed by atoms with E-state index in [1.165, 1.54) is 6.20 Å². The van der Waals surface area contributed by atoms with Gasteiger partial charge in [0.2, 0.25) is 0 Å². The number of hydrogen-bond acceptors (Lipinski definition) is 5. The molecule has 0 saturated carbocycles. The molecule has 0 amide bonds. The molecular formula is C22H19ClN4O3. The highest BCUT2D eigenvalue weighted by molar-refractivity contribution is 6.30. The number of pyridine rings is 1. The van der Waals surface area contributed by atoms with Gasteiger partial charge in [-0.15, -0.1) is 0 Å². The van der Waals surface area contributed by atoms with Crippen LogP contribution in [0, 0.1) is 6.92 Å². The maximum Gasteiger partial charge on any atom is 0.261 e. The van der Waals surface area contributed by atoms with Crippen molar-refractivity contribution in [3.05, 3.63) is 80.7 Å². The summed E-state index contributed by atoms with van der Waals surface area (Å²) in [5.41, 5.74) is 3.89. The molecule has 8 heteroatoms. The van der Waals surface area contributed by atoms with Crippen molar-refractivity contribution in [2.24, 2.45) is 0 Å². The lowest BCUT2D eigenvalue weighted by Crippen LogP contribution is -2.17. The number of aldehydes is 1. The minimum atomic E-state index is -0.816. The van der Waals surface area contributed by atoms with Gasteiger partial charge in [0.25, 0.3) is 5.56 Å². The van der Waals surface area contributed by atoms with Crippen LogP contribution in [0.15, 0.2) is 53.5 Å². The molecule has 0 aliphatic heterocycles. The quantitative estimate of drug-likeness (QED) is 0.353. The Bertz CT molecular complexity index is 1300. The molecule has 1 unspecified atom stereocenters. The van der Waals surface area contributed by atoms with Crippen LogP contribution in [0.25, 0.3) is 22.4 Å². The average Bonchev–Trinajstić information content (AvgIpc) is 3.16. The number of anilines is 1. The van der Waals surface area contributed by atoms with Gasteiger partial charge in [-0.05, 0) is 48.4 Å². The number of aromatic nitrogens is 3. The number of fused-ring (bicyclic) bond motifs is 1. The van der Waals surface area contributed by atoms with E-state index in [1.807, 2.05) is 6.92 Å². The highest BCUT2D eigenvalue weighted by atomic mass is 35.5. The second-order valence-electron chi connectivity index (χ2n) is 6.98. The summed E-state index contributed by atoms with van der Waals surface area (Å²) in [4.78, 5) is 34.1. The van der Waals surface area contributed by atoms with Crippen molar-refractivity contribution < 1.29 is 9.90 Å². The lowest BCUT2D eigenvalue weighted by atomic mass is 10.1. The largest absolute Gasteiger partial charge is 0.387 e. The molecule has 0 bridgehead atoms. The van der Waals surface area contributed by atoms with Gasteiger partial charge in [0.15, 0.2) is 0 Å². The Morgan fingerprint density at radius 3 is 2.87 bits per heavy atom. The number of aliphatic hydroxyl groups excluding tert-OH is 1. The molecule has 4 rings (SSSR count). The van der Waals surface area contributed by atoms with Gasteiger partial charge in [-0.1, -0.05) is 23.7 Å². The van der Waals surface area contributed by atoms with Crippen molar-refractivity contribution in [3.63, 3.8) is 0 Å². The fourth-order valence-corrected chi connectivity index (χ4v) is 3.60. The predicted molar refractivity (Wildman–Crippen MR) is 117 cm³/mol. The first-order chi connectivity index (χ1) is 14.5. The zero-order chi connectivity index (χ0) is 21.3. The summed E-state index contributed by atoms with van der Waals surface area (Å²) in [6.45, 7) is 2.03. The Hall–Kier alpha value is -3.42. The summed E-state index contributed by atoms with van der Waals surface area (Å²) in [5.74, 6) is 0.373. The van der Waals surface area contributed by atoms with Crippen LogP contribution >= 0.6 is 11.6 Å². The Morgan fingerprint density at radius 2 is 2.10 bits per heavy atom. The number of rotatable bonds is 6. The van der Waals surface area contributed by atoms with E-state index < -0.39 is 6.10 Å². The fraction of sp³-hybridized carbons (Fsp3) is 0.136. The average molecular weight is 423 g/mol. The van der Waals surface area contributed by atoms with Crippen molar-refractivity contribution in [3.8, 4) is 11.4 Å². The second kappa shape index (κ2) is 8.14. The van der Waals surface area contributed by atoms with Crippen LogP contribution in [0.3, 0.4) is 0 Å². The molecule has 0 saturated heterocycles. The van der Waals surface area contributed by atoms with Crippen LogP contribution in [0.4, 0.5) is 5.69 Å². The SMILES string of the molecule is Cc1cc(C=O)cc2[nH]c(-c3c(NCC(O)c4cccc(Cl)c4)cc[nH]c3=O)nc12. The minimum absolute atomic E-state index is 0.172. The smallest absolute Gasteiger partial charge is 0.261 e. The van der Waals surface area contributed by atoms with Gasteiger partial charge in [-0.2, -0.15) is 0 Å². The number of nitrogens with one attached hydrogen (secondary N) is 3. The lowest BCUT2D eigenvalue weighted by Gasteiger charge is -2.15. The molecule has 30 heavy (non-hydrogen) atoms. The summed E-state index contributed by atoms with van der Waals surface area (Å²) in [7, 11) is 0. The number of benzene rings is 2. The number of aliphatic hydroxyl groups is 1. The minimum Gasteiger partial charge on any atom is -0.387 e. The molecule has 4 aromatic rings. The number of carbonyl (C=O) groups is 1. The molecule has 0 aliphatic carbocycles. The van der Waals surface area contributed by atoms with Crippen molar-refractivity contribution in [1.82, 2.24) is 15.0 Å². The Labute approximate surface area is 176 Å². The van der Waals surface area contributed by atoms with Crippen molar-refractivity contribution >= 4 is 34.6 Å². The maximum absolute atomic E-state index is 12.6. The summed E-state index contributed by atoms with van der Waals surface area (Å²) in [6.07, 6.45) is 1.48. The van der Waals surface area contributed by atoms with Crippen molar-refractivity contribution in [2.75, 3.05) is 11.9 Å². The zero-order valence-corrected chi connectivity index (χ0v) is 16.8. The number of imidazole rings is 1. The summed E-state index contributed by atoms with van der Waals surface area (Å²) >= 11 is 5.99. The van der Waals surface area contributed by atoms with Crippen LogP contribution in [0.5, 0.6) is 0 Å². The number of carbonyl (C=O) groups excluding carboxylic acids is 1. The molecule has 7 nitrogen and oxygen atoms in total. The second-order valence-corrected chi connectivity index (χ2v) is 7.42. The van der Waals surface area contributed by atoms with Crippen LogP contribution in [-0.2, 0) is 0 Å². The molecular weight excluding hydrogens is 404 g/mol. The van der Waals surface area contributed by atoms with E-state index in [1.54, 1.807) is 42.5 Å². The van der Waals surface area contributed by atoms with E-state index in [9.17, 15) is 14.7 Å². The Balaban J connectivity index is 1.68. The summed E-state index contributed by atoms with van der Waals surface area (Å²) in [6, 6.07) is 12.1. The number of H-pyrrole nitrogens is 2. The predicted octanol–water partition coefficient (Wildman–Crippen LogP) is 3.84. The summed E-state index contributed by atoms with van der Waals surface area (Å²) in [5, 5.41) is 14.1. The van der Waals surface area contributed by atoms with Gasteiger partial charge in [-0.25, -0.2) is 4.98 Å². The van der Waals surface area contributed by atoms with Gasteiger partial charge >= 0.3 is 0 Å². The number of aryl methyl sites for hydroxylation is 1. The third kappa shape index (κ3) is 3.85. The normalized spacial score (nSPS) is 12.1. The number of aromatic amines is 2. The molecule has 4 N–H and O–H groups in total. The van der Waals surface area contributed by atoms with Gasteiger partial charge < -0.3 is 20.4 Å². The Kier molecular flexibility index (Phi) is 5.39. The molecule has 0 aliphatic rings. The van der Waals surface area contributed by atoms with E-state index in [0.29, 0.717) is 44.3 Å². The summed E-state index contributed by atoms with van der Waals surface area (Å²) < 4.78 is 0. The van der Waals surface area contributed by atoms with Gasteiger partial charge in [0, 0.05) is 23.3 Å². The van der Waals surface area contributed by atoms with Gasteiger partial charge in [-0.3, -0.25) is 9.59 Å². The zero-order valence-electron chi connectivity index (χ0n) is 16.1. The first-order valence-electron chi connectivity index (χ1n) is 9.31. The third-order valence-corrected chi connectivity index (χ3v) is 5.09. The highest BCUT2D eigenvalue weighted by Gasteiger charge is 2.17. The molecule has 0 spiro atoms. The van der Waals surface area contributed by atoms with Gasteiger partial charge in [0.1, 0.15) is 17.7 Å². The number of nitrogens with zero attached hydrogens (tertiary/aromatic N) is 1. The van der Waals surface area contributed by atoms with Crippen molar-refractivity contribution in [2.45, 2.75) is 13.0 Å². The van der Waals surface area contributed by atoms with Crippen LogP contribution in [-0.4, -0.2) is 32.9 Å².